The molecule has 0 radical (unpaired) electrons. The van der Waals surface area contributed by atoms with E-state index in [1.807, 2.05) is 0 Å². The van der Waals surface area contributed by atoms with E-state index in [2.05, 4.69) is 8.83 Å². The number of hydrogen-bond acceptors (Lipinski definition) is 7. The topological polar surface area (TPSA) is 180 Å². The van der Waals surface area contributed by atoms with E-state index in [0.29, 0.717) is 0 Å². The van der Waals surface area contributed by atoms with Gasteiger partial charge in [-0.3, -0.25) is 13.7 Å². The summed E-state index contributed by atoms with van der Waals surface area (Å²) in [5, 5.41) is 9.94. The minimum absolute atomic E-state index is 0.236. The van der Waals surface area contributed by atoms with Crippen LogP contribution < -0.4 is 0 Å². The number of hydrogen-bond donors (Lipinski definition) is 5. The quantitative estimate of drug-likeness (QED) is 0.382. The van der Waals surface area contributed by atoms with Crippen LogP contribution in [0.2, 0.25) is 0 Å². The van der Waals surface area contributed by atoms with Gasteiger partial charge in [-0.05, 0) is 20.8 Å². The van der Waals surface area contributed by atoms with Crippen LogP contribution in [0.1, 0.15) is 27.2 Å². The fourth-order valence-electron chi connectivity index (χ4n) is 2.20. The summed E-state index contributed by atoms with van der Waals surface area (Å²) in [6, 6.07) is 0. The van der Waals surface area contributed by atoms with Crippen molar-refractivity contribution in [1.82, 2.24) is 0 Å². The highest BCUT2D eigenvalue weighted by atomic mass is 31.3. The molecule has 5 N–H and O–H groups in total. The first-order valence-corrected chi connectivity index (χ1v) is 11.4. The molecule has 23 heavy (non-hydrogen) atoms. The smallest absolute Gasteiger partial charge is 0.390 e. The third kappa shape index (κ3) is 7.02. The molecule has 0 amide bonds. The summed E-state index contributed by atoms with van der Waals surface area (Å²) in [6.07, 6.45) is -0.784. The van der Waals surface area contributed by atoms with Crippen molar-refractivity contribution in [2.45, 2.75) is 44.5 Å². The summed E-state index contributed by atoms with van der Waals surface area (Å²) in [5.41, 5.74) is -2.06. The number of aliphatic hydroxyl groups excluding tert-OH is 1. The minimum atomic E-state index is -5.11. The van der Waals surface area contributed by atoms with Crippen molar-refractivity contribution in [1.29, 1.82) is 0 Å². The van der Waals surface area contributed by atoms with Gasteiger partial charge in [0, 0.05) is 6.42 Å². The molecule has 0 aliphatic carbocycles. The van der Waals surface area contributed by atoms with Crippen LogP contribution in [0.25, 0.3) is 0 Å². The lowest BCUT2D eigenvalue weighted by Gasteiger charge is -2.29. The molecule has 0 aromatic heterocycles. The Morgan fingerprint density at radius 2 is 1.65 bits per heavy atom. The van der Waals surface area contributed by atoms with Gasteiger partial charge in [-0.25, -0.2) is 8.88 Å². The van der Waals surface area contributed by atoms with E-state index in [9.17, 15) is 28.6 Å². The molecule has 3 unspecified atom stereocenters. The molecule has 0 saturated carbocycles. The first-order chi connectivity index (χ1) is 9.96. The monoisotopic (exact) mass is 398 g/mol. The van der Waals surface area contributed by atoms with Gasteiger partial charge >= 0.3 is 23.0 Å². The summed E-state index contributed by atoms with van der Waals surface area (Å²) < 4.78 is 47.8. The molecular weight excluding hydrogens is 377 g/mol. The maximum Gasteiger partial charge on any atom is 0.479 e. The third-order valence-corrected chi connectivity index (χ3v) is 8.21. The summed E-state index contributed by atoms with van der Waals surface area (Å²) in [7, 11) is -15.1. The van der Waals surface area contributed by atoms with Crippen LogP contribution in [0.5, 0.6) is 0 Å². The first kappa shape index (κ1) is 21.4. The second-order valence-corrected chi connectivity index (χ2v) is 11.7. The summed E-state index contributed by atoms with van der Waals surface area (Å²) in [4.78, 5) is 35.9. The van der Waals surface area contributed by atoms with E-state index >= 15 is 0 Å². The zero-order valence-corrected chi connectivity index (χ0v) is 15.4. The molecule has 1 aliphatic heterocycles. The Morgan fingerprint density at radius 1 is 1.13 bits per heavy atom. The normalized spacial score (nSPS) is 33.1. The average molecular weight is 398 g/mol. The second-order valence-electron chi connectivity index (χ2n) is 6.16. The Labute approximate surface area is 132 Å². The summed E-state index contributed by atoms with van der Waals surface area (Å²) in [5.74, 6) is -1.63. The molecular formula is C9H21O11P3. The lowest BCUT2D eigenvalue weighted by atomic mass is 9.97. The molecule has 0 bridgehead atoms. The lowest BCUT2D eigenvalue weighted by molar-refractivity contribution is -0.122. The van der Waals surface area contributed by atoms with Gasteiger partial charge < -0.3 is 29.4 Å². The van der Waals surface area contributed by atoms with Crippen molar-refractivity contribution in [3.63, 3.8) is 0 Å². The van der Waals surface area contributed by atoms with Crippen molar-refractivity contribution < 1.29 is 51.9 Å². The number of rotatable bonds is 7. The fourth-order valence-corrected chi connectivity index (χ4v) is 6.63. The Balaban J connectivity index is 2.71. The molecule has 0 spiro atoms. The van der Waals surface area contributed by atoms with Gasteiger partial charge in [0.05, 0.1) is 18.3 Å². The Hall–Kier alpha value is 0.370. The van der Waals surface area contributed by atoms with Crippen molar-refractivity contribution in [3.8, 4) is 0 Å². The van der Waals surface area contributed by atoms with Crippen molar-refractivity contribution in [3.05, 3.63) is 0 Å². The largest absolute Gasteiger partial charge is 0.479 e. The van der Waals surface area contributed by atoms with Crippen molar-refractivity contribution >= 4 is 23.0 Å². The maximum absolute atomic E-state index is 11.7. The van der Waals surface area contributed by atoms with Gasteiger partial charge in [0.2, 0.25) is 0 Å². The Morgan fingerprint density at radius 3 is 2.04 bits per heavy atom. The Kier molecular flexibility index (Phi) is 6.14. The van der Waals surface area contributed by atoms with Gasteiger partial charge in [0.25, 0.3) is 0 Å². The van der Waals surface area contributed by atoms with Gasteiger partial charge in [0.15, 0.2) is 5.90 Å². The summed E-state index contributed by atoms with van der Waals surface area (Å²) in [6.45, 7) is 4.17. The first-order valence-electron chi connectivity index (χ1n) is 6.39. The standard InChI is InChI=1S/C9H21O11P3/c1-8(2)4-7(10)9(3,19-8)5-18-23(16,17)20-22(14,15)6-21(11,12)13/h7,10H,4-6H2,1-3H3,(H,14,15)(H,16,17)(H2,11,12,13)/t7?,9-/m1/s1. The second kappa shape index (κ2) is 6.59. The van der Waals surface area contributed by atoms with Crippen LogP contribution in [0.3, 0.4) is 0 Å². The molecule has 1 aliphatic rings. The van der Waals surface area contributed by atoms with Gasteiger partial charge in [-0.15, -0.1) is 0 Å². The van der Waals surface area contributed by atoms with E-state index in [-0.39, 0.29) is 6.42 Å². The molecule has 4 atom stereocenters. The highest BCUT2D eigenvalue weighted by Crippen LogP contribution is 2.65. The van der Waals surface area contributed by atoms with Gasteiger partial charge in [0.1, 0.15) is 5.60 Å². The van der Waals surface area contributed by atoms with Crippen LogP contribution in [-0.4, -0.2) is 54.5 Å². The Bertz CT molecular complexity index is 583. The molecule has 138 valence electrons. The fraction of sp³-hybridized carbons (Fsp3) is 1.00. The van der Waals surface area contributed by atoms with Crippen LogP contribution in [0, 0.1) is 0 Å². The third-order valence-electron chi connectivity index (χ3n) is 3.01. The molecule has 1 heterocycles. The van der Waals surface area contributed by atoms with E-state index in [1.54, 1.807) is 13.8 Å². The average Bonchev–Trinajstić information content (AvgIpc) is 2.40. The number of ether oxygens (including phenoxy) is 1. The molecule has 1 saturated heterocycles. The van der Waals surface area contributed by atoms with E-state index < -0.39 is 52.8 Å². The van der Waals surface area contributed by atoms with Gasteiger partial charge in [-0.1, -0.05) is 0 Å². The minimum Gasteiger partial charge on any atom is -0.390 e. The van der Waals surface area contributed by atoms with Crippen molar-refractivity contribution in [2.24, 2.45) is 0 Å². The van der Waals surface area contributed by atoms with E-state index in [1.165, 1.54) is 6.92 Å². The van der Waals surface area contributed by atoms with Crippen LogP contribution >= 0.6 is 23.0 Å². The van der Waals surface area contributed by atoms with Crippen LogP contribution in [0.4, 0.5) is 0 Å². The predicted molar refractivity (Wildman–Crippen MR) is 77.8 cm³/mol. The zero-order chi connectivity index (χ0) is 18.3. The maximum atomic E-state index is 11.7. The number of phosphoric acid groups is 1. The molecule has 1 fully saturated rings. The van der Waals surface area contributed by atoms with Crippen LogP contribution in [0.15, 0.2) is 0 Å². The molecule has 0 aromatic carbocycles. The van der Waals surface area contributed by atoms with E-state index in [0.717, 1.165) is 0 Å². The highest BCUT2D eigenvalue weighted by Gasteiger charge is 2.50. The molecule has 1 rings (SSSR count). The molecule has 14 heteroatoms. The SMILES string of the molecule is CC1(C)CC(O)[C@@](C)(COP(=O)(O)OP(=O)(O)CP(=O)(O)O)O1. The molecule has 0 aromatic rings. The van der Waals surface area contributed by atoms with Gasteiger partial charge in [-0.2, -0.15) is 0 Å². The lowest BCUT2D eigenvalue weighted by Crippen LogP contribution is -2.41. The highest BCUT2D eigenvalue weighted by molar-refractivity contribution is 7.73. The predicted octanol–water partition coefficient (Wildman–Crippen LogP) is 0.759. The van der Waals surface area contributed by atoms with Crippen LogP contribution in [-0.2, 0) is 27.3 Å². The number of aliphatic hydroxyl groups is 1. The van der Waals surface area contributed by atoms with Crippen molar-refractivity contribution in [2.75, 3.05) is 12.5 Å². The zero-order valence-electron chi connectivity index (χ0n) is 12.7. The summed E-state index contributed by atoms with van der Waals surface area (Å²) >= 11 is 0. The van der Waals surface area contributed by atoms with E-state index in [4.69, 9.17) is 14.5 Å². The number of phosphoric ester groups is 1. The molecule has 11 nitrogen and oxygen atoms in total.